The molecule has 0 radical (unpaired) electrons. The van der Waals surface area contributed by atoms with E-state index in [4.69, 9.17) is 0 Å². The van der Waals surface area contributed by atoms with Gasteiger partial charge in [-0.2, -0.15) is 0 Å². The number of rotatable bonds is 7. The number of benzene rings is 2. The number of aromatic nitrogens is 1. The maximum atomic E-state index is 12.5. The molecule has 0 bridgehead atoms. The lowest BCUT2D eigenvalue weighted by Crippen LogP contribution is -2.12. The largest absolute Gasteiger partial charge is 0.298 e. The summed E-state index contributed by atoms with van der Waals surface area (Å²) in [6.07, 6.45) is 2.27. The first-order valence-electron chi connectivity index (χ1n) is 9.39. The second kappa shape index (κ2) is 8.88. The average Bonchev–Trinajstić information content (AvgIpc) is 3.15. The zero-order chi connectivity index (χ0) is 21.0. The number of amides is 1. The van der Waals surface area contributed by atoms with E-state index >= 15 is 0 Å². The number of thiazole rings is 1. The predicted octanol–water partition coefficient (Wildman–Crippen LogP) is 5.12. The van der Waals surface area contributed by atoms with Gasteiger partial charge in [-0.3, -0.25) is 10.1 Å². The fraction of sp³-hybridized carbons (Fsp3) is 0.273. The maximum absolute atomic E-state index is 12.5. The number of carbonyl (C=O) groups excluding carboxylic acids is 1. The van der Waals surface area contributed by atoms with Gasteiger partial charge in [-0.1, -0.05) is 50.2 Å². The molecule has 0 spiro atoms. The molecule has 1 heterocycles. The fourth-order valence-corrected chi connectivity index (χ4v) is 4.46. The van der Waals surface area contributed by atoms with E-state index in [-0.39, 0.29) is 11.7 Å². The van der Waals surface area contributed by atoms with Gasteiger partial charge in [-0.05, 0) is 35.6 Å². The van der Waals surface area contributed by atoms with Gasteiger partial charge in [0.05, 0.1) is 11.4 Å². The Bertz CT molecular complexity index is 1100. The summed E-state index contributed by atoms with van der Waals surface area (Å²) in [4.78, 5) is 17.0. The molecule has 0 unspecified atom stereocenters. The topological polar surface area (TPSA) is 76.1 Å². The molecule has 5 nitrogen and oxygen atoms in total. The van der Waals surface area contributed by atoms with E-state index in [0.717, 1.165) is 17.7 Å². The van der Waals surface area contributed by atoms with Crippen molar-refractivity contribution in [2.24, 2.45) is 0 Å². The summed E-state index contributed by atoms with van der Waals surface area (Å²) in [5.74, 6) is 0.114. The van der Waals surface area contributed by atoms with E-state index in [1.54, 1.807) is 24.3 Å². The Morgan fingerprint density at radius 2 is 1.90 bits per heavy atom. The summed E-state index contributed by atoms with van der Waals surface area (Å²) < 4.78 is 23.0. The SMILES string of the molecule is CC[C@H](C)c1ccc(-c2csc(NC(=O)c3cccc(CS(C)(=O)=O)c3)n2)cc1. The Morgan fingerprint density at radius 3 is 2.55 bits per heavy atom. The second-order valence-corrected chi connectivity index (χ2v) is 10.2. The minimum Gasteiger partial charge on any atom is -0.298 e. The van der Waals surface area contributed by atoms with Gasteiger partial charge in [-0.15, -0.1) is 11.3 Å². The molecule has 0 saturated heterocycles. The molecule has 1 aromatic heterocycles. The Hall–Kier alpha value is -2.51. The molecule has 152 valence electrons. The number of nitrogens with one attached hydrogen (secondary N) is 1. The van der Waals surface area contributed by atoms with Crippen molar-refractivity contribution in [1.82, 2.24) is 4.98 Å². The number of carbonyl (C=O) groups is 1. The summed E-state index contributed by atoms with van der Waals surface area (Å²) in [7, 11) is -3.16. The molecule has 1 atom stereocenters. The van der Waals surface area contributed by atoms with Crippen molar-refractivity contribution in [3.05, 3.63) is 70.6 Å². The second-order valence-electron chi connectivity index (χ2n) is 7.19. The lowest BCUT2D eigenvalue weighted by molar-refractivity contribution is 0.102. The number of nitrogens with zero attached hydrogens (tertiary/aromatic N) is 1. The summed E-state index contributed by atoms with van der Waals surface area (Å²) in [6, 6.07) is 15.0. The highest BCUT2D eigenvalue weighted by molar-refractivity contribution is 7.89. The third kappa shape index (κ3) is 5.74. The lowest BCUT2D eigenvalue weighted by Gasteiger charge is -2.09. The van der Waals surface area contributed by atoms with Crippen LogP contribution in [0, 0.1) is 0 Å². The van der Waals surface area contributed by atoms with Crippen LogP contribution in [0.3, 0.4) is 0 Å². The zero-order valence-electron chi connectivity index (χ0n) is 16.7. The Kier molecular flexibility index (Phi) is 6.49. The molecule has 3 aromatic rings. The Labute approximate surface area is 175 Å². The summed E-state index contributed by atoms with van der Waals surface area (Å²) in [5, 5.41) is 5.21. The van der Waals surface area contributed by atoms with Crippen LogP contribution in [0.5, 0.6) is 0 Å². The third-order valence-corrected chi connectivity index (χ3v) is 6.35. The molecule has 1 amide bonds. The highest BCUT2D eigenvalue weighted by atomic mass is 32.2. The molecule has 0 aliphatic rings. The predicted molar refractivity (Wildman–Crippen MR) is 119 cm³/mol. The van der Waals surface area contributed by atoms with Gasteiger partial charge in [-0.25, -0.2) is 13.4 Å². The zero-order valence-corrected chi connectivity index (χ0v) is 18.3. The Morgan fingerprint density at radius 1 is 1.17 bits per heavy atom. The van der Waals surface area contributed by atoms with Crippen molar-refractivity contribution in [1.29, 1.82) is 0 Å². The highest BCUT2D eigenvalue weighted by Gasteiger charge is 2.12. The van der Waals surface area contributed by atoms with E-state index in [9.17, 15) is 13.2 Å². The van der Waals surface area contributed by atoms with E-state index in [2.05, 4.69) is 48.4 Å². The van der Waals surface area contributed by atoms with Crippen LogP contribution in [-0.2, 0) is 15.6 Å². The smallest absolute Gasteiger partial charge is 0.257 e. The van der Waals surface area contributed by atoms with Crippen LogP contribution in [-0.4, -0.2) is 25.6 Å². The molecule has 0 aliphatic carbocycles. The van der Waals surface area contributed by atoms with E-state index < -0.39 is 9.84 Å². The van der Waals surface area contributed by atoms with Gasteiger partial charge in [0.25, 0.3) is 5.91 Å². The minimum absolute atomic E-state index is 0.0951. The molecule has 29 heavy (non-hydrogen) atoms. The van der Waals surface area contributed by atoms with Crippen LogP contribution in [0.2, 0.25) is 0 Å². The standard InChI is InChI=1S/C22H24N2O3S2/c1-4-15(2)17-8-10-18(11-9-17)20-13-28-22(23-20)24-21(25)19-7-5-6-16(12-19)14-29(3,26)27/h5-13,15H,4,14H2,1-3H3,(H,23,24,25)/t15-/m0/s1. The molecule has 0 saturated carbocycles. The average molecular weight is 429 g/mol. The van der Waals surface area contributed by atoms with Gasteiger partial charge in [0.15, 0.2) is 15.0 Å². The van der Waals surface area contributed by atoms with Gasteiger partial charge < -0.3 is 0 Å². The molecule has 3 rings (SSSR count). The van der Waals surface area contributed by atoms with Crippen molar-refractivity contribution in [3.63, 3.8) is 0 Å². The normalized spacial score (nSPS) is 12.5. The van der Waals surface area contributed by atoms with Gasteiger partial charge in [0.1, 0.15) is 0 Å². The summed E-state index contributed by atoms with van der Waals surface area (Å²) in [5.41, 5.74) is 4.10. The van der Waals surface area contributed by atoms with Crippen molar-refractivity contribution >= 4 is 32.2 Å². The molecular weight excluding hydrogens is 404 g/mol. The lowest BCUT2D eigenvalue weighted by atomic mass is 9.97. The van der Waals surface area contributed by atoms with Gasteiger partial charge >= 0.3 is 0 Å². The quantitative estimate of drug-likeness (QED) is 0.567. The first-order valence-corrected chi connectivity index (χ1v) is 12.3. The maximum Gasteiger partial charge on any atom is 0.257 e. The van der Waals surface area contributed by atoms with Gasteiger partial charge in [0, 0.05) is 22.8 Å². The van der Waals surface area contributed by atoms with E-state index in [1.807, 2.05) is 5.38 Å². The monoisotopic (exact) mass is 428 g/mol. The van der Waals surface area contributed by atoms with Crippen molar-refractivity contribution in [2.45, 2.75) is 31.9 Å². The molecular formula is C22H24N2O3S2. The van der Waals surface area contributed by atoms with Crippen LogP contribution in [0.4, 0.5) is 5.13 Å². The summed E-state index contributed by atoms with van der Waals surface area (Å²) >= 11 is 1.36. The van der Waals surface area contributed by atoms with Crippen molar-refractivity contribution in [3.8, 4) is 11.3 Å². The number of sulfone groups is 1. The third-order valence-electron chi connectivity index (χ3n) is 4.73. The molecule has 1 N–H and O–H groups in total. The van der Waals surface area contributed by atoms with Crippen LogP contribution >= 0.6 is 11.3 Å². The highest BCUT2D eigenvalue weighted by Crippen LogP contribution is 2.27. The van der Waals surface area contributed by atoms with Crippen molar-refractivity contribution in [2.75, 3.05) is 11.6 Å². The molecule has 2 aromatic carbocycles. The van der Waals surface area contributed by atoms with Crippen LogP contribution in [0.15, 0.2) is 53.9 Å². The number of hydrogen-bond acceptors (Lipinski definition) is 5. The fourth-order valence-electron chi connectivity index (χ4n) is 2.96. The van der Waals surface area contributed by atoms with Crippen molar-refractivity contribution < 1.29 is 13.2 Å². The van der Waals surface area contributed by atoms with Gasteiger partial charge in [0.2, 0.25) is 0 Å². The number of anilines is 1. The summed E-state index contributed by atoms with van der Waals surface area (Å²) in [6.45, 7) is 4.38. The Balaban J connectivity index is 1.71. The van der Waals surface area contributed by atoms with E-state index in [0.29, 0.717) is 22.2 Å². The van der Waals surface area contributed by atoms with Crippen LogP contribution < -0.4 is 5.32 Å². The number of hydrogen-bond donors (Lipinski definition) is 1. The van der Waals surface area contributed by atoms with Crippen LogP contribution in [0.25, 0.3) is 11.3 Å². The van der Waals surface area contributed by atoms with E-state index in [1.165, 1.54) is 23.2 Å². The molecule has 0 aliphatic heterocycles. The van der Waals surface area contributed by atoms with Crippen LogP contribution in [0.1, 0.15) is 47.7 Å². The first kappa shape index (κ1) is 21.2. The minimum atomic E-state index is -3.16. The molecule has 0 fully saturated rings. The molecule has 7 heteroatoms. The first-order chi connectivity index (χ1) is 13.7.